The normalized spacial score (nSPS) is 11.7. The predicted molar refractivity (Wildman–Crippen MR) is 125 cm³/mol. The van der Waals surface area contributed by atoms with Crippen molar-refractivity contribution in [1.29, 1.82) is 0 Å². The van der Waals surface area contributed by atoms with Crippen molar-refractivity contribution >= 4 is 10.8 Å². The van der Waals surface area contributed by atoms with E-state index < -0.39 is 17.9 Å². The van der Waals surface area contributed by atoms with Crippen LogP contribution in [0.2, 0.25) is 0 Å². The number of halogens is 5. The number of rotatable bonds is 9. The molecule has 36 heavy (non-hydrogen) atoms. The molecule has 0 N–H and O–H groups in total. The number of alkyl halides is 3. The van der Waals surface area contributed by atoms with Gasteiger partial charge in [0.25, 0.3) is 0 Å². The van der Waals surface area contributed by atoms with Crippen LogP contribution in [0.1, 0.15) is 28.1 Å². The molecule has 0 amide bonds. The number of hydrogen-bond acceptors (Lipinski definition) is 4. The van der Waals surface area contributed by atoms with E-state index in [-0.39, 0.29) is 18.7 Å². The topological polar surface area (TPSA) is 44.2 Å². The molecule has 9 heteroatoms. The lowest BCUT2D eigenvalue weighted by molar-refractivity contribution is -0.275. The fourth-order valence-corrected chi connectivity index (χ4v) is 3.93. The number of aromatic nitrogens is 2. The van der Waals surface area contributed by atoms with Crippen molar-refractivity contribution < 1.29 is 31.4 Å². The van der Waals surface area contributed by atoms with Crippen LogP contribution in [-0.2, 0) is 37.0 Å². The first-order chi connectivity index (χ1) is 17.2. The molecule has 1 heterocycles. The summed E-state index contributed by atoms with van der Waals surface area (Å²) in [5.41, 5.74) is 2.80. The highest BCUT2D eigenvalue weighted by atomic mass is 19.4. The average molecular weight is 502 g/mol. The number of aryl methyl sites for hydroxylation is 4. The zero-order chi connectivity index (χ0) is 25.7. The Labute approximate surface area is 204 Å². The van der Waals surface area contributed by atoms with Gasteiger partial charge in [-0.15, -0.1) is 13.2 Å². The highest BCUT2D eigenvalue weighted by Gasteiger charge is 2.32. The Kier molecular flexibility index (Phi) is 7.79. The van der Waals surface area contributed by atoms with Crippen molar-refractivity contribution in [2.75, 3.05) is 7.11 Å². The number of methoxy groups -OCH3 is 1. The molecule has 1 aromatic heterocycles. The first kappa shape index (κ1) is 25.5. The average Bonchev–Trinajstić information content (AvgIpc) is 2.84. The molecule has 4 rings (SSSR count). The van der Waals surface area contributed by atoms with Crippen molar-refractivity contribution in [1.82, 2.24) is 9.97 Å². The first-order valence-electron chi connectivity index (χ1n) is 11.2. The minimum absolute atomic E-state index is 0.257. The Bertz CT molecular complexity index is 1340. The number of fused-ring (bicyclic) bond motifs is 1. The van der Waals surface area contributed by atoms with Crippen LogP contribution in [0.3, 0.4) is 0 Å². The number of ether oxygens (including phenoxy) is 2. The van der Waals surface area contributed by atoms with Crippen LogP contribution >= 0.6 is 0 Å². The molecule has 0 atom stereocenters. The molecule has 0 aliphatic heterocycles. The maximum Gasteiger partial charge on any atom is 0.573 e. The van der Waals surface area contributed by atoms with Crippen molar-refractivity contribution in [2.24, 2.45) is 0 Å². The van der Waals surface area contributed by atoms with Crippen molar-refractivity contribution in [2.45, 2.75) is 38.7 Å². The fraction of sp³-hybridized carbons (Fsp3) is 0.259. The molecule has 0 spiro atoms. The molecule has 0 aliphatic rings. The fourth-order valence-electron chi connectivity index (χ4n) is 3.93. The quantitative estimate of drug-likeness (QED) is 0.244. The second-order valence-electron chi connectivity index (χ2n) is 8.35. The Morgan fingerprint density at radius 1 is 0.778 bits per heavy atom. The minimum atomic E-state index is -4.97. The zero-order valence-electron chi connectivity index (χ0n) is 19.4. The molecule has 0 bridgehead atoms. The van der Waals surface area contributed by atoms with Crippen molar-refractivity contribution in [3.05, 3.63) is 101 Å². The molecule has 3 aromatic carbocycles. The van der Waals surface area contributed by atoms with Gasteiger partial charge < -0.3 is 9.47 Å². The van der Waals surface area contributed by atoms with Crippen LogP contribution in [0.25, 0.3) is 10.8 Å². The van der Waals surface area contributed by atoms with Crippen LogP contribution in [0.5, 0.6) is 5.75 Å². The van der Waals surface area contributed by atoms with Gasteiger partial charge in [0.1, 0.15) is 11.6 Å². The largest absolute Gasteiger partial charge is 0.573 e. The van der Waals surface area contributed by atoms with Crippen LogP contribution in [0, 0.1) is 11.6 Å². The molecule has 0 radical (unpaired) electrons. The van der Waals surface area contributed by atoms with Crippen LogP contribution < -0.4 is 4.74 Å². The summed E-state index contributed by atoms with van der Waals surface area (Å²) in [7, 11) is 1.61. The smallest absolute Gasteiger partial charge is 0.403 e. The van der Waals surface area contributed by atoms with Crippen LogP contribution in [-0.4, -0.2) is 23.4 Å². The highest BCUT2D eigenvalue weighted by molar-refractivity contribution is 5.84. The summed E-state index contributed by atoms with van der Waals surface area (Å²) in [5, 5.41) is 1.22. The molecule has 0 aliphatic carbocycles. The van der Waals surface area contributed by atoms with E-state index in [1.54, 1.807) is 31.6 Å². The lowest BCUT2D eigenvalue weighted by Gasteiger charge is -2.11. The van der Waals surface area contributed by atoms with Gasteiger partial charge in [-0.05, 0) is 53.5 Å². The molecule has 0 saturated carbocycles. The lowest BCUT2D eigenvalue weighted by atomic mass is 9.98. The lowest BCUT2D eigenvalue weighted by Crippen LogP contribution is -2.18. The van der Waals surface area contributed by atoms with Crippen molar-refractivity contribution in [3.8, 4) is 5.75 Å². The van der Waals surface area contributed by atoms with Gasteiger partial charge in [-0.25, -0.2) is 18.7 Å². The molecule has 188 valence electrons. The highest BCUT2D eigenvalue weighted by Crippen LogP contribution is 2.28. The van der Waals surface area contributed by atoms with Crippen LogP contribution in [0.4, 0.5) is 22.0 Å². The van der Waals surface area contributed by atoms with Gasteiger partial charge in [-0.1, -0.05) is 36.4 Å². The molecule has 0 fully saturated rings. The SMILES string of the molecule is COCc1cnc(CCc2ccc3c(F)c(CCc4ccc(OC(F)(F)F)c(F)c4)ccc3c2)nc1. The van der Waals surface area contributed by atoms with Crippen LogP contribution in [0.15, 0.2) is 60.9 Å². The Hall–Kier alpha value is -3.59. The van der Waals surface area contributed by atoms with E-state index >= 15 is 4.39 Å². The van der Waals surface area contributed by atoms with Gasteiger partial charge in [0.05, 0.1) is 6.61 Å². The molecule has 4 nitrogen and oxygen atoms in total. The van der Waals surface area contributed by atoms with Gasteiger partial charge in [-0.3, -0.25) is 0 Å². The van der Waals surface area contributed by atoms with E-state index in [1.165, 1.54) is 6.07 Å². The van der Waals surface area contributed by atoms with E-state index in [9.17, 15) is 17.6 Å². The third-order valence-electron chi connectivity index (χ3n) is 5.71. The van der Waals surface area contributed by atoms with Gasteiger partial charge in [-0.2, -0.15) is 0 Å². The number of nitrogens with zero attached hydrogens (tertiary/aromatic N) is 2. The molecular formula is C27H23F5N2O2. The molecule has 0 unspecified atom stereocenters. The predicted octanol–water partition coefficient (Wildman–Crippen LogP) is 6.52. The summed E-state index contributed by atoms with van der Waals surface area (Å²) in [5.74, 6) is -1.67. The van der Waals surface area contributed by atoms with Gasteiger partial charge in [0.2, 0.25) is 0 Å². The summed E-state index contributed by atoms with van der Waals surface area (Å²) >= 11 is 0. The molecule has 4 aromatic rings. The summed E-state index contributed by atoms with van der Waals surface area (Å²) in [4.78, 5) is 8.68. The van der Waals surface area contributed by atoms with Gasteiger partial charge >= 0.3 is 6.36 Å². The van der Waals surface area contributed by atoms with E-state index in [4.69, 9.17) is 4.74 Å². The Morgan fingerprint density at radius 3 is 2.17 bits per heavy atom. The third kappa shape index (κ3) is 6.54. The number of hydrogen-bond donors (Lipinski definition) is 0. The summed E-state index contributed by atoms with van der Waals surface area (Å²) < 4.78 is 74.7. The second-order valence-corrected chi connectivity index (χ2v) is 8.35. The Balaban J connectivity index is 1.40. The first-order valence-corrected chi connectivity index (χ1v) is 11.2. The maximum atomic E-state index is 15.1. The van der Waals surface area contributed by atoms with E-state index in [0.717, 1.165) is 28.6 Å². The molecule has 0 saturated heterocycles. The minimum Gasteiger partial charge on any atom is -0.403 e. The summed E-state index contributed by atoms with van der Waals surface area (Å²) in [6, 6.07) is 12.3. The van der Waals surface area contributed by atoms with E-state index in [2.05, 4.69) is 14.7 Å². The standard InChI is InChI=1S/C27H23F5N2O2/c1-35-16-19-14-33-25(34-15-19)11-5-17-3-9-22-21(12-17)8-7-20(26(22)29)6-2-18-4-10-24(23(28)13-18)36-27(30,31)32/h3-4,7-10,12-15H,2,5-6,11,16H2,1H3. The second kappa shape index (κ2) is 11.0. The van der Waals surface area contributed by atoms with E-state index in [1.807, 2.05) is 18.2 Å². The number of benzene rings is 3. The van der Waals surface area contributed by atoms with Crippen molar-refractivity contribution in [3.63, 3.8) is 0 Å². The maximum absolute atomic E-state index is 15.1. The van der Waals surface area contributed by atoms with E-state index in [0.29, 0.717) is 41.8 Å². The zero-order valence-corrected chi connectivity index (χ0v) is 19.4. The Morgan fingerprint density at radius 2 is 1.47 bits per heavy atom. The van der Waals surface area contributed by atoms with Gasteiger partial charge in [0, 0.05) is 36.9 Å². The van der Waals surface area contributed by atoms with Gasteiger partial charge in [0.15, 0.2) is 11.6 Å². The summed E-state index contributed by atoms with van der Waals surface area (Å²) in [6.45, 7) is 0.457. The third-order valence-corrected chi connectivity index (χ3v) is 5.71. The summed E-state index contributed by atoms with van der Waals surface area (Å²) in [6.07, 6.45) is 0.362. The molecular weight excluding hydrogens is 479 g/mol. The monoisotopic (exact) mass is 502 g/mol.